The summed E-state index contributed by atoms with van der Waals surface area (Å²) in [5, 5.41) is 11.0. The molecule has 0 saturated carbocycles. The Labute approximate surface area is 131 Å². The van der Waals surface area contributed by atoms with E-state index >= 15 is 0 Å². The van der Waals surface area contributed by atoms with Crippen LogP contribution < -0.4 is 10.5 Å². The first kappa shape index (κ1) is 15.5. The number of nitro groups is 1. The lowest BCUT2D eigenvalue weighted by atomic mass is 10.1. The molecule has 0 aromatic heterocycles. The summed E-state index contributed by atoms with van der Waals surface area (Å²) in [4.78, 5) is 10.6. The molecule has 2 rings (SSSR count). The summed E-state index contributed by atoms with van der Waals surface area (Å²) in [5.74, 6) is 0.641. The van der Waals surface area contributed by atoms with Crippen LogP contribution >= 0.6 is 15.9 Å². The lowest BCUT2D eigenvalue weighted by Gasteiger charge is -2.10. The van der Waals surface area contributed by atoms with Crippen LogP contribution in [-0.2, 0) is 6.61 Å². The molecule has 0 aliphatic rings. The van der Waals surface area contributed by atoms with Crippen molar-refractivity contribution < 1.29 is 9.66 Å². The number of halogens is 1. The van der Waals surface area contributed by atoms with Gasteiger partial charge in [0, 0.05) is 16.6 Å². The first-order valence-corrected chi connectivity index (χ1v) is 7.18. The summed E-state index contributed by atoms with van der Waals surface area (Å²) < 4.78 is 6.30. The number of ether oxygens (including phenoxy) is 1. The second kappa shape index (κ2) is 6.69. The van der Waals surface area contributed by atoms with Crippen molar-refractivity contribution in [1.29, 1.82) is 0 Å². The van der Waals surface area contributed by atoms with Crippen molar-refractivity contribution in [3.8, 4) is 5.75 Å². The predicted octanol–water partition coefficient (Wildman–Crippen LogP) is 3.96. The fraction of sp³-hybridized carbons (Fsp3) is 0.200. The van der Waals surface area contributed by atoms with Gasteiger partial charge >= 0.3 is 0 Å². The molecule has 0 aliphatic carbocycles. The molecule has 6 heteroatoms. The van der Waals surface area contributed by atoms with Gasteiger partial charge < -0.3 is 10.5 Å². The van der Waals surface area contributed by atoms with Gasteiger partial charge in [-0.2, -0.15) is 0 Å². The molecule has 0 aliphatic heterocycles. The van der Waals surface area contributed by atoms with Gasteiger partial charge in [-0.1, -0.05) is 28.1 Å². The maximum Gasteiger partial charge on any atom is 0.277 e. The van der Waals surface area contributed by atoms with Crippen LogP contribution in [-0.4, -0.2) is 4.92 Å². The van der Waals surface area contributed by atoms with Crippen LogP contribution in [0.15, 0.2) is 46.9 Å². The Hall–Kier alpha value is -1.92. The molecule has 110 valence electrons. The van der Waals surface area contributed by atoms with Gasteiger partial charge in [0.2, 0.25) is 0 Å². The minimum atomic E-state index is -0.415. The van der Waals surface area contributed by atoms with E-state index in [0.29, 0.717) is 15.8 Å². The Morgan fingerprint density at radius 3 is 2.76 bits per heavy atom. The highest BCUT2D eigenvalue weighted by Gasteiger charge is 2.14. The van der Waals surface area contributed by atoms with Crippen molar-refractivity contribution in [1.82, 2.24) is 0 Å². The van der Waals surface area contributed by atoms with Gasteiger partial charge in [-0.05, 0) is 36.8 Å². The zero-order chi connectivity index (χ0) is 15.4. The van der Waals surface area contributed by atoms with E-state index in [1.54, 1.807) is 18.2 Å². The van der Waals surface area contributed by atoms with E-state index < -0.39 is 4.92 Å². The van der Waals surface area contributed by atoms with Crippen molar-refractivity contribution in [2.24, 2.45) is 5.73 Å². The number of nitrogens with zero attached hydrogens (tertiary/aromatic N) is 1. The van der Waals surface area contributed by atoms with E-state index in [2.05, 4.69) is 15.9 Å². The lowest BCUT2D eigenvalue weighted by Crippen LogP contribution is -2.05. The Morgan fingerprint density at radius 1 is 1.33 bits per heavy atom. The standard InChI is InChI=1S/C15H15BrN2O3/c1-10(17)11-3-2-4-14(7-11)21-9-12-5-6-13(16)8-15(12)18(19)20/h2-8,10H,9,17H2,1H3/t10-/m1/s1. The number of rotatable bonds is 5. The van der Waals surface area contributed by atoms with Crippen LogP contribution in [0.5, 0.6) is 5.75 Å². The van der Waals surface area contributed by atoms with Gasteiger partial charge in [0.25, 0.3) is 5.69 Å². The number of hydrogen-bond donors (Lipinski definition) is 1. The van der Waals surface area contributed by atoms with E-state index in [0.717, 1.165) is 5.56 Å². The molecule has 0 unspecified atom stereocenters. The summed E-state index contributed by atoms with van der Waals surface area (Å²) >= 11 is 3.23. The normalized spacial score (nSPS) is 12.0. The van der Waals surface area contributed by atoms with Crippen LogP contribution in [0.1, 0.15) is 24.1 Å². The van der Waals surface area contributed by atoms with Gasteiger partial charge in [-0.25, -0.2) is 0 Å². The summed E-state index contributed by atoms with van der Waals surface area (Å²) in [6.07, 6.45) is 0. The third-order valence-electron chi connectivity index (χ3n) is 3.02. The van der Waals surface area contributed by atoms with E-state index in [9.17, 15) is 10.1 Å². The van der Waals surface area contributed by atoms with E-state index in [4.69, 9.17) is 10.5 Å². The third kappa shape index (κ3) is 4.03. The van der Waals surface area contributed by atoms with Gasteiger partial charge in [0.1, 0.15) is 12.4 Å². The molecule has 2 N–H and O–H groups in total. The van der Waals surface area contributed by atoms with Crippen molar-refractivity contribution in [2.45, 2.75) is 19.6 Å². The smallest absolute Gasteiger partial charge is 0.277 e. The number of nitro benzene ring substituents is 1. The van der Waals surface area contributed by atoms with Crippen molar-refractivity contribution in [3.63, 3.8) is 0 Å². The molecule has 0 amide bonds. The average Bonchev–Trinajstić information content (AvgIpc) is 2.46. The van der Waals surface area contributed by atoms with E-state index in [-0.39, 0.29) is 18.3 Å². The minimum absolute atomic E-state index is 0.0349. The fourth-order valence-electron chi connectivity index (χ4n) is 1.88. The summed E-state index contributed by atoms with van der Waals surface area (Å²) in [6.45, 7) is 2.02. The molecule has 2 aromatic carbocycles. The SMILES string of the molecule is C[C@@H](N)c1cccc(OCc2ccc(Br)cc2[N+](=O)[O-])c1. The Kier molecular flexibility index (Phi) is 4.93. The quantitative estimate of drug-likeness (QED) is 0.653. The Bertz CT molecular complexity index is 659. The summed E-state index contributed by atoms with van der Waals surface area (Å²) in [7, 11) is 0. The van der Waals surface area contributed by atoms with Crippen molar-refractivity contribution in [3.05, 3.63) is 68.2 Å². The largest absolute Gasteiger partial charge is 0.489 e. The van der Waals surface area contributed by atoms with Crippen LogP contribution in [0, 0.1) is 10.1 Å². The molecule has 0 saturated heterocycles. The maximum absolute atomic E-state index is 11.0. The molecule has 0 radical (unpaired) electrons. The monoisotopic (exact) mass is 350 g/mol. The maximum atomic E-state index is 11.0. The molecule has 5 nitrogen and oxygen atoms in total. The van der Waals surface area contributed by atoms with Crippen LogP contribution in [0.2, 0.25) is 0 Å². The molecule has 0 bridgehead atoms. The molecule has 21 heavy (non-hydrogen) atoms. The minimum Gasteiger partial charge on any atom is -0.489 e. The van der Waals surface area contributed by atoms with E-state index in [1.807, 2.05) is 25.1 Å². The van der Waals surface area contributed by atoms with Crippen molar-refractivity contribution >= 4 is 21.6 Å². The van der Waals surface area contributed by atoms with Gasteiger partial charge in [0.15, 0.2) is 0 Å². The number of hydrogen-bond acceptors (Lipinski definition) is 4. The van der Waals surface area contributed by atoms with Gasteiger partial charge in [-0.15, -0.1) is 0 Å². The average molecular weight is 351 g/mol. The molecule has 0 spiro atoms. The third-order valence-corrected chi connectivity index (χ3v) is 3.52. The summed E-state index contributed by atoms with van der Waals surface area (Å²) in [5.41, 5.74) is 7.33. The Balaban J connectivity index is 2.17. The predicted molar refractivity (Wildman–Crippen MR) is 84.2 cm³/mol. The van der Waals surface area contributed by atoms with Gasteiger partial charge in [-0.3, -0.25) is 10.1 Å². The fourth-order valence-corrected chi connectivity index (χ4v) is 2.23. The van der Waals surface area contributed by atoms with E-state index in [1.165, 1.54) is 6.07 Å². The highest BCUT2D eigenvalue weighted by Crippen LogP contribution is 2.25. The first-order valence-electron chi connectivity index (χ1n) is 6.38. The second-order valence-corrected chi connectivity index (χ2v) is 5.60. The van der Waals surface area contributed by atoms with Gasteiger partial charge in [0.05, 0.1) is 10.5 Å². The Morgan fingerprint density at radius 2 is 2.10 bits per heavy atom. The van der Waals surface area contributed by atoms with Crippen LogP contribution in [0.4, 0.5) is 5.69 Å². The van der Waals surface area contributed by atoms with Crippen LogP contribution in [0.3, 0.4) is 0 Å². The zero-order valence-electron chi connectivity index (χ0n) is 11.5. The zero-order valence-corrected chi connectivity index (χ0v) is 13.0. The highest BCUT2D eigenvalue weighted by molar-refractivity contribution is 9.10. The molecular weight excluding hydrogens is 336 g/mol. The van der Waals surface area contributed by atoms with Crippen LogP contribution in [0.25, 0.3) is 0 Å². The highest BCUT2D eigenvalue weighted by atomic mass is 79.9. The second-order valence-electron chi connectivity index (χ2n) is 4.68. The number of benzene rings is 2. The molecule has 2 aromatic rings. The van der Waals surface area contributed by atoms with Crippen molar-refractivity contribution in [2.75, 3.05) is 0 Å². The number of nitrogens with two attached hydrogens (primary N) is 1. The summed E-state index contributed by atoms with van der Waals surface area (Å²) in [6, 6.07) is 12.2. The lowest BCUT2D eigenvalue weighted by molar-refractivity contribution is -0.385. The molecular formula is C15H15BrN2O3. The molecule has 0 heterocycles. The molecule has 1 atom stereocenters. The topological polar surface area (TPSA) is 78.4 Å². The first-order chi connectivity index (χ1) is 9.97. The molecule has 0 fully saturated rings.